The smallest absolute Gasteiger partial charge is 0.227 e. The maximum absolute atomic E-state index is 12.7. The molecule has 2 heterocycles. The highest BCUT2D eigenvalue weighted by Gasteiger charge is 2.25. The van der Waals surface area contributed by atoms with E-state index < -0.39 is 0 Å². The molecule has 4 rings (SSSR count). The molecule has 1 N–H and O–H groups in total. The minimum atomic E-state index is 0.215. The number of carbonyl (C=O) groups is 1. The first-order valence-electron chi connectivity index (χ1n) is 9.76. The number of carbonyl (C=O) groups excluding carboxylic acids is 1. The normalized spacial score (nSPS) is 21.7. The van der Waals surface area contributed by atoms with E-state index in [9.17, 15) is 4.79 Å². The lowest BCUT2D eigenvalue weighted by Crippen LogP contribution is -2.25. The van der Waals surface area contributed by atoms with Gasteiger partial charge in [0.1, 0.15) is 0 Å². The van der Waals surface area contributed by atoms with Gasteiger partial charge in [-0.25, -0.2) is 0 Å². The third-order valence-corrected chi connectivity index (χ3v) is 5.88. The van der Waals surface area contributed by atoms with E-state index in [2.05, 4.69) is 33.3 Å². The minimum absolute atomic E-state index is 0.215. The number of benzene rings is 1. The SMILES string of the molecule is O=C(Nc1cc(N2CCCC2)ccc1N1CCCC1)C1CCCC1. The third-order valence-electron chi connectivity index (χ3n) is 5.88. The van der Waals surface area contributed by atoms with Crippen LogP contribution in [0.25, 0.3) is 0 Å². The molecule has 0 atom stereocenters. The number of nitrogens with zero attached hydrogens (tertiary/aromatic N) is 2. The van der Waals surface area contributed by atoms with Gasteiger partial charge in [-0.15, -0.1) is 0 Å². The van der Waals surface area contributed by atoms with Crippen molar-refractivity contribution in [3.05, 3.63) is 18.2 Å². The molecule has 130 valence electrons. The van der Waals surface area contributed by atoms with Gasteiger partial charge in [0.25, 0.3) is 0 Å². The van der Waals surface area contributed by atoms with E-state index in [-0.39, 0.29) is 11.8 Å². The van der Waals surface area contributed by atoms with Gasteiger partial charge in [-0.05, 0) is 56.7 Å². The van der Waals surface area contributed by atoms with Crippen LogP contribution in [0, 0.1) is 5.92 Å². The number of hydrogen-bond donors (Lipinski definition) is 1. The molecule has 1 saturated carbocycles. The highest BCUT2D eigenvalue weighted by Crippen LogP contribution is 2.35. The molecule has 1 aromatic carbocycles. The Hall–Kier alpha value is -1.71. The van der Waals surface area contributed by atoms with E-state index >= 15 is 0 Å². The standard InChI is InChI=1S/C20H29N3O/c24-20(16-7-1-2-8-16)21-18-15-17(22-11-3-4-12-22)9-10-19(18)23-13-5-6-14-23/h9-10,15-16H,1-8,11-14H2,(H,21,24). The Morgan fingerprint density at radius 2 is 1.50 bits per heavy atom. The Labute approximate surface area is 145 Å². The molecule has 0 unspecified atom stereocenters. The molecule has 0 bridgehead atoms. The zero-order valence-electron chi connectivity index (χ0n) is 14.6. The molecule has 3 aliphatic rings. The van der Waals surface area contributed by atoms with Gasteiger partial charge in [-0.2, -0.15) is 0 Å². The topological polar surface area (TPSA) is 35.6 Å². The monoisotopic (exact) mass is 327 g/mol. The van der Waals surface area contributed by atoms with Gasteiger partial charge in [0.05, 0.1) is 11.4 Å². The van der Waals surface area contributed by atoms with Crippen molar-refractivity contribution in [1.29, 1.82) is 0 Å². The molecule has 1 aliphatic carbocycles. The lowest BCUT2D eigenvalue weighted by molar-refractivity contribution is -0.119. The van der Waals surface area contributed by atoms with Gasteiger partial charge in [0.2, 0.25) is 5.91 Å². The third kappa shape index (κ3) is 3.24. The first-order valence-corrected chi connectivity index (χ1v) is 9.76. The average Bonchev–Trinajstić information content (AvgIpc) is 3.37. The van der Waals surface area contributed by atoms with Gasteiger partial charge in [0, 0.05) is 37.8 Å². The van der Waals surface area contributed by atoms with E-state index in [1.807, 2.05) is 0 Å². The van der Waals surface area contributed by atoms with Crippen molar-refractivity contribution in [1.82, 2.24) is 0 Å². The summed E-state index contributed by atoms with van der Waals surface area (Å²) in [5.41, 5.74) is 3.50. The summed E-state index contributed by atoms with van der Waals surface area (Å²) in [7, 11) is 0. The van der Waals surface area contributed by atoms with Crippen molar-refractivity contribution in [2.45, 2.75) is 51.4 Å². The zero-order valence-corrected chi connectivity index (χ0v) is 14.6. The van der Waals surface area contributed by atoms with Crippen molar-refractivity contribution in [3.63, 3.8) is 0 Å². The number of nitrogens with one attached hydrogen (secondary N) is 1. The summed E-state index contributed by atoms with van der Waals surface area (Å²) in [6.45, 7) is 4.49. The molecule has 2 aliphatic heterocycles. The molecular formula is C20H29N3O. The molecular weight excluding hydrogens is 298 g/mol. The van der Waals surface area contributed by atoms with Crippen LogP contribution < -0.4 is 15.1 Å². The molecule has 2 saturated heterocycles. The number of hydrogen-bond acceptors (Lipinski definition) is 3. The maximum atomic E-state index is 12.7. The van der Waals surface area contributed by atoms with Gasteiger partial charge in [0.15, 0.2) is 0 Å². The highest BCUT2D eigenvalue weighted by molar-refractivity contribution is 5.96. The Morgan fingerprint density at radius 3 is 2.17 bits per heavy atom. The lowest BCUT2D eigenvalue weighted by Gasteiger charge is -2.25. The molecule has 3 fully saturated rings. The molecule has 0 aromatic heterocycles. The van der Waals surface area contributed by atoms with Crippen molar-refractivity contribution in [2.24, 2.45) is 5.92 Å². The van der Waals surface area contributed by atoms with Crippen molar-refractivity contribution < 1.29 is 4.79 Å². The van der Waals surface area contributed by atoms with E-state index in [0.717, 1.165) is 44.7 Å². The van der Waals surface area contributed by atoms with Crippen LogP contribution in [0.3, 0.4) is 0 Å². The molecule has 1 aromatic rings. The van der Waals surface area contributed by atoms with Crippen LogP contribution in [0.15, 0.2) is 18.2 Å². The molecule has 4 nitrogen and oxygen atoms in total. The quantitative estimate of drug-likeness (QED) is 0.907. The predicted molar refractivity (Wildman–Crippen MR) is 99.9 cm³/mol. The Morgan fingerprint density at radius 1 is 0.875 bits per heavy atom. The Balaban J connectivity index is 1.59. The van der Waals surface area contributed by atoms with E-state index in [1.165, 1.54) is 49.9 Å². The number of rotatable bonds is 4. The van der Waals surface area contributed by atoms with Gasteiger partial charge in [-0.1, -0.05) is 12.8 Å². The predicted octanol–water partition coefficient (Wildman–Crippen LogP) is 4.02. The van der Waals surface area contributed by atoms with E-state index in [1.54, 1.807) is 0 Å². The van der Waals surface area contributed by atoms with E-state index in [0.29, 0.717) is 0 Å². The molecule has 0 spiro atoms. The molecule has 24 heavy (non-hydrogen) atoms. The number of amides is 1. The maximum Gasteiger partial charge on any atom is 0.227 e. The minimum Gasteiger partial charge on any atom is -0.371 e. The fraction of sp³-hybridized carbons (Fsp3) is 0.650. The second-order valence-corrected chi connectivity index (χ2v) is 7.56. The van der Waals surface area contributed by atoms with Gasteiger partial charge in [-0.3, -0.25) is 4.79 Å². The first-order chi connectivity index (χ1) is 11.8. The van der Waals surface area contributed by atoms with Crippen LogP contribution in [-0.4, -0.2) is 32.1 Å². The van der Waals surface area contributed by atoms with Crippen LogP contribution in [0.5, 0.6) is 0 Å². The lowest BCUT2D eigenvalue weighted by atomic mass is 10.1. The largest absolute Gasteiger partial charge is 0.371 e. The first kappa shape index (κ1) is 15.8. The van der Waals surface area contributed by atoms with E-state index in [4.69, 9.17) is 0 Å². The van der Waals surface area contributed by atoms with Crippen LogP contribution in [-0.2, 0) is 4.79 Å². The highest BCUT2D eigenvalue weighted by atomic mass is 16.1. The van der Waals surface area contributed by atoms with Crippen LogP contribution in [0.2, 0.25) is 0 Å². The van der Waals surface area contributed by atoms with Crippen LogP contribution in [0.4, 0.5) is 17.1 Å². The zero-order chi connectivity index (χ0) is 16.4. The molecule has 4 heteroatoms. The average molecular weight is 327 g/mol. The summed E-state index contributed by atoms with van der Waals surface area (Å²) in [6, 6.07) is 6.68. The summed E-state index contributed by atoms with van der Waals surface area (Å²) in [6.07, 6.45) is 9.56. The van der Waals surface area contributed by atoms with Gasteiger partial charge < -0.3 is 15.1 Å². The van der Waals surface area contributed by atoms with Crippen molar-refractivity contribution in [2.75, 3.05) is 41.3 Å². The van der Waals surface area contributed by atoms with Crippen LogP contribution >= 0.6 is 0 Å². The summed E-state index contributed by atoms with van der Waals surface area (Å²) >= 11 is 0. The Bertz CT molecular complexity index is 583. The number of anilines is 3. The van der Waals surface area contributed by atoms with Crippen molar-refractivity contribution in [3.8, 4) is 0 Å². The molecule has 0 radical (unpaired) electrons. The second-order valence-electron chi connectivity index (χ2n) is 7.56. The summed E-state index contributed by atoms with van der Waals surface area (Å²) in [5.74, 6) is 0.443. The summed E-state index contributed by atoms with van der Waals surface area (Å²) < 4.78 is 0. The van der Waals surface area contributed by atoms with Crippen LogP contribution in [0.1, 0.15) is 51.4 Å². The molecule has 1 amide bonds. The summed E-state index contributed by atoms with van der Waals surface area (Å²) in [5, 5.41) is 3.29. The van der Waals surface area contributed by atoms with Gasteiger partial charge >= 0.3 is 0 Å². The fourth-order valence-electron chi connectivity index (χ4n) is 4.45. The fourth-order valence-corrected chi connectivity index (χ4v) is 4.45. The Kier molecular flexibility index (Phi) is 4.63. The summed E-state index contributed by atoms with van der Waals surface area (Å²) in [4.78, 5) is 17.5. The second kappa shape index (κ2) is 7.04. The van der Waals surface area contributed by atoms with Crippen molar-refractivity contribution >= 4 is 23.0 Å².